The van der Waals surface area contributed by atoms with Gasteiger partial charge in [0.2, 0.25) is 0 Å². The number of benzene rings is 1. The molecule has 2 atom stereocenters. The molecule has 1 aliphatic heterocycles. The van der Waals surface area contributed by atoms with Crippen molar-refractivity contribution in [3.63, 3.8) is 0 Å². The minimum Gasteiger partial charge on any atom is -0.388 e. The summed E-state index contributed by atoms with van der Waals surface area (Å²) >= 11 is 0. The molecule has 0 radical (unpaired) electrons. The normalized spacial score (nSPS) is 22.7. The summed E-state index contributed by atoms with van der Waals surface area (Å²) in [5, 5.41) is 10.6. The Bertz CT molecular complexity index is 405. The van der Waals surface area contributed by atoms with Crippen LogP contribution in [0.25, 0.3) is 0 Å². The van der Waals surface area contributed by atoms with Gasteiger partial charge in [-0.2, -0.15) is 0 Å². The Kier molecular flexibility index (Phi) is 5.19. The predicted octanol–water partition coefficient (Wildman–Crippen LogP) is 2.86. The number of ether oxygens (including phenoxy) is 1. The maximum Gasteiger partial charge on any atom is 0.0853 e. The first-order valence-electron chi connectivity index (χ1n) is 7.51. The van der Waals surface area contributed by atoms with Crippen molar-refractivity contribution in [1.82, 2.24) is 4.90 Å². The number of aliphatic hydroxyl groups excluding tert-OH is 1. The number of hydrogen-bond acceptors (Lipinski definition) is 3. The monoisotopic (exact) mass is 277 g/mol. The van der Waals surface area contributed by atoms with Crippen LogP contribution >= 0.6 is 0 Å². The summed E-state index contributed by atoms with van der Waals surface area (Å²) in [6.45, 7) is 7.25. The van der Waals surface area contributed by atoms with Crippen LogP contribution in [0, 0.1) is 5.41 Å². The third kappa shape index (κ3) is 3.81. The van der Waals surface area contributed by atoms with Crippen molar-refractivity contribution in [3.05, 3.63) is 35.9 Å². The fourth-order valence-corrected chi connectivity index (χ4v) is 3.10. The van der Waals surface area contributed by atoms with Gasteiger partial charge in [-0.05, 0) is 24.9 Å². The second-order valence-electron chi connectivity index (χ2n) is 6.54. The number of rotatable bonds is 5. The lowest BCUT2D eigenvalue weighted by molar-refractivity contribution is -0.0163. The third-order valence-electron chi connectivity index (χ3n) is 4.28. The van der Waals surface area contributed by atoms with E-state index in [1.165, 1.54) is 6.42 Å². The Labute approximate surface area is 122 Å². The highest BCUT2D eigenvalue weighted by Gasteiger charge is 2.32. The van der Waals surface area contributed by atoms with Gasteiger partial charge in [0.05, 0.1) is 12.2 Å². The minimum absolute atomic E-state index is 0.170. The van der Waals surface area contributed by atoms with Crippen molar-refractivity contribution in [3.8, 4) is 0 Å². The maximum absolute atomic E-state index is 10.6. The molecule has 1 N–H and O–H groups in total. The first kappa shape index (κ1) is 15.5. The Morgan fingerprint density at radius 2 is 2.05 bits per heavy atom. The summed E-state index contributed by atoms with van der Waals surface area (Å²) in [6.07, 6.45) is 2.23. The van der Waals surface area contributed by atoms with Crippen molar-refractivity contribution in [2.45, 2.75) is 38.9 Å². The highest BCUT2D eigenvalue weighted by atomic mass is 16.5. The van der Waals surface area contributed by atoms with E-state index in [9.17, 15) is 5.11 Å². The number of hydrogen-bond donors (Lipinski definition) is 1. The summed E-state index contributed by atoms with van der Waals surface area (Å²) in [4.78, 5) is 2.42. The molecule has 3 nitrogen and oxygen atoms in total. The SMILES string of the molecule is COC1CCCN(CC(C)(C)C(O)c2ccccc2)C1. The molecule has 0 amide bonds. The van der Waals surface area contributed by atoms with Gasteiger partial charge in [0, 0.05) is 25.6 Å². The number of aliphatic hydroxyl groups is 1. The summed E-state index contributed by atoms with van der Waals surface area (Å²) in [5.41, 5.74) is 0.828. The Balaban J connectivity index is 1.99. The fraction of sp³-hybridized carbons (Fsp3) is 0.647. The number of nitrogens with zero attached hydrogens (tertiary/aromatic N) is 1. The zero-order valence-electron chi connectivity index (χ0n) is 12.9. The van der Waals surface area contributed by atoms with E-state index in [0.717, 1.165) is 31.6 Å². The molecule has 1 saturated heterocycles. The highest BCUT2D eigenvalue weighted by molar-refractivity contribution is 5.19. The molecule has 1 fully saturated rings. The molecule has 0 bridgehead atoms. The number of methoxy groups -OCH3 is 1. The Morgan fingerprint density at radius 3 is 2.70 bits per heavy atom. The van der Waals surface area contributed by atoms with E-state index in [0.29, 0.717) is 6.10 Å². The molecule has 2 unspecified atom stereocenters. The molecule has 0 saturated carbocycles. The zero-order chi connectivity index (χ0) is 14.6. The highest BCUT2D eigenvalue weighted by Crippen LogP contribution is 2.34. The van der Waals surface area contributed by atoms with Crippen LogP contribution in [0.5, 0.6) is 0 Å². The van der Waals surface area contributed by atoms with Crippen LogP contribution in [0.2, 0.25) is 0 Å². The van der Waals surface area contributed by atoms with Crippen LogP contribution in [0.4, 0.5) is 0 Å². The van der Waals surface area contributed by atoms with Gasteiger partial charge in [-0.15, -0.1) is 0 Å². The van der Waals surface area contributed by atoms with Gasteiger partial charge >= 0.3 is 0 Å². The van der Waals surface area contributed by atoms with Crippen LogP contribution in [-0.4, -0.2) is 42.9 Å². The summed E-state index contributed by atoms with van der Waals surface area (Å²) < 4.78 is 5.48. The van der Waals surface area contributed by atoms with E-state index in [2.05, 4.69) is 18.7 Å². The lowest BCUT2D eigenvalue weighted by Gasteiger charge is -2.39. The molecular formula is C17H27NO2. The average molecular weight is 277 g/mol. The first-order valence-corrected chi connectivity index (χ1v) is 7.51. The topological polar surface area (TPSA) is 32.7 Å². The van der Waals surface area contributed by atoms with Gasteiger partial charge in [-0.3, -0.25) is 0 Å². The van der Waals surface area contributed by atoms with E-state index in [4.69, 9.17) is 4.74 Å². The molecule has 1 aromatic carbocycles. The largest absolute Gasteiger partial charge is 0.388 e. The molecule has 1 heterocycles. The Hall–Kier alpha value is -0.900. The van der Waals surface area contributed by atoms with Crippen molar-refractivity contribution in [1.29, 1.82) is 0 Å². The number of piperidine rings is 1. The predicted molar refractivity (Wildman–Crippen MR) is 81.7 cm³/mol. The lowest BCUT2D eigenvalue weighted by atomic mass is 9.81. The molecule has 3 heteroatoms. The van der Waals surface area contributed by atoms with E-state index < -0.39 is 6.10 Å². The second-order valence-corrected chi connectivity index (χ2v) is 6.54. The van der Waals surface area contributed by atoms with Crippen LogP contribution in [0.1, 0.15) is 38.4 Å². The van der Waals surface area contributed by atoms with Crippen LogP contribution in [-0.2, 0) is 4.74 Å². The minimum atomic E-state index is -0.438. The molecule has 0 aromatic heterocycles. The number of likely N-dealkylation sites (tertiary alicyclic amines) is 1. The lowest BCUT2D eigenvalue weighted by Crippen LogP contribution is -2.45. The van der Waals surface area contributed by atoms with Gasteiger partial charge in [0.1, 0.15) is 0 Å². The van der Waals surface area contributed by atoms with Crippen molar-refractivity contribution >= 4 is 0 Å². The third-order valence-corrected chi connectivity index (χ3v) is 4.28. The zero-order valence-corrected chi connectivity index (χ0v) is 12.9. The van der Waals surface area contributed by atoms with Gasteiger partial charge < -0.3 is 14.7 Å². The summed E-state index contributed by atoms with van der Waals surface area (Å²) in [5.74, 6) is 0. The van der Waals surface area contributed by atoms with Crippen molar-refractivity contribution in [2.75, 3.05) is 26.7 Å². The molecule has 1 aliphatic rings. The van der Waals surface area contributed by atoms with Crippen LogP contribution in [0.3, 0.4) is 0 Å². The van der Waals surface area contributed by atoms with Crippen molar-refractivity contribution in [2.24, 2.45) is 5.41 Å². The molecule has 0 aliphatic carbocycles. The van der Waals surface area contributed by atoms with Crippen molar-refractivity contribution < 1.29 is 9.84 Å². The quantitative estimate of drug-likeness (QED) is 0.898. The molecule has 112 valence electrons. The van der Waals surface area contributed by atoms with Crippen LogP contribution < -0.4 is 0 Å². The standard InChI is InChI=1S/C17H27NO2/c1-17(2,16(19)14-8-5-4-6-9-14)13-18-11-7-10-15(12-18)20-3/h4-6,8-9,15-16,19H,7,10-13H2,1-3H3. The molecular weight excluding hydrogens is 250 g/mol. The van der Waals surface area contributed by atoms with Gasteiger partial charge in [-0.1, -0.05) is 44.2 Å². The van der Waals surface area contributed by atoms with Gasteiger partial charge in [0.15, 0.2) is 0 Å². The smallest absolute Gasteiger partial charge is 0.0853 e. The summed E-state index contributed by atoms with van der Waals surface area (Å²) in [6, 6.07) is 9.95. The molecule has 1 aromatic rings. The fourth-order valence-electron chi connectivity index (χ4n) is 3.10. The van der Waals surface area contributed by atoms with E-state index in [-0.39, 0.29) is 5.41 Å². The van der Waals surface area contributed by atoms with E-state index in [1.807, 2.05) is 30.3 Å². The van der Waals surface area contributed by atoms with Gasteiger partial charge in [-0.25, -0.2) is 0 Å². The maximum atomic E-state index is 10.6. The van der Waals surface area contributed by atoms with E-state index in [1.54, 1.807) is 7.11 Å². The second kappa shape index (κ2) is 6.70. The molecule has 20 heavy (non-hydrogen) atoms. The van der Waals surface area contributed by atoms with E-state index >= 15 is 0 Å². The molecule has 0 spiro atoms. The first-order chi connectivity index (χ1) is 9.53. The average Bonchev–Trinajstić information content (AvgIpc) is 2.47. The molecule has 2 rings (SSSR count). The summed E-state index contributed by atoms with van der Waals surface area (Å²) in [7, 11) is 1.79. The van der Waals surface area contributed by atoms with Crippen LogP contribution in [0.15, 0.2) is 30.3 Å². The Morgan fingerprint density at radius 1 is 1.35 bits per heavy atom. The van der Waals surface area contributed by atoms with Gasteiger partial charge in [0.25, 0.3) is 0 Å².